The molecule has 1 aromatic rings. The summed E-state index contributed by atoms with van der Waals surface area (Å²) in [4.78, 5) is 41.7. The monoisotopic (exact) mass is 321 g/mol. The van der Waals surface area contributed by atoms with E-state index in [0.29, 0.717) is 18.4 Å². The number of carbonyl (C=O) groups excluding carboxylic acids is 3. The largest absolute Gasteiger partial charge is 0.325 e. The van der Waals surface area contributed by atoms with Crippen molar-refractivity contribution < 1.29 is 14.4 Å². The highest BCUT2D eigenvalue weighted by atomic mass is 35.5. The van der Waals surface area contributed by atoms with Gasteiger partial charge in [-0.15, -0.1) is 0 Å². The summed E-state index contributed by atoms with van der Waals surface area (Å²) in [5, 5.41) is 3.07. The molecule has 7 heteroatoms. The van der Waals surface area contributed by atoms with Crippen molar-refractivity contribution in [3.8, 4) is 0 Å². The van der Waals surface area contributed by atoms with Gasteiger partial charge < -0.3 is 5.32 Å². The molecule has 116 valence electrons. The number of hydrogen-bond donors (Lipinski definition) is 1. The summed E-state index contributed by atoms with van der Waals surface area (Å²) in [5.41, 5.74) is -0.469. The Bertz CT molecular complexity index is 623. The van der Waals surface area contributed by atoms with Gasteiger partial charge in [-0.25, -0.2) is 9.78 Å². The lowest BCUT2D eigenvalue weighted by atomic mass is 9.82. The third-order valence-electron chi connectivity index (χ3n) is 4.30. The quantitative estimate of drug-likeness (QED) is 0.525. The number of Topliss-reactive ketones (excluding diaryl/α,β-unsaturated/α-hetero) is 1. The van der Waals surface area contributed by atoms with Crippen molar-refractivity contribution in [2.45, 2.75) is 37.6 Å². The molecule has 0 radical (unpaired) electrons. The summed E-state index contributed by atoms with van der Waals surface area (Å²) in [6.07, 6.45) is 5.53. The standard InChI is InChI=1S/C15H16ClN3O3/c16-12-5-4-10(8-17-12)11(20)9-19-13(21)15(18-14(19)22)6-2-1-3-7-15/h4-5,8H,1-3,6-7,9H2,(H,18,22). The SMILES string of the molecule is O=C(CN1C(=O)NC2(CCCCC2)C1=O)c1ccc(Cl)nc1. The van der Waals surface area contributed by atoms with E-state index >= 15 is 0 Å². The van der Waals surface area contributed by atoms with Crippen LogP contribution in [0.2, 0.25) is 5.15 Å². The maximum absolute atomic E-state index is 12.6. The highest BCUT2D eigenvalue weighted by Crippen LogP contribution is 2.33. The number of halogens is 1. The van der Waals surface area contributed by atoms with Crippen LogP contribution in [-0.4, -0.2) is 39.7 Å². The molecule has 1 aliphatic carbocycles. The summed E-state index contributed by atoms with van der Waals surface area (Å²) in [5.74, 6) is -0.618. The molecule has 0 atom stereocenters. The van der Waals surface area contributed by atoms with E-state index in [1.807, 2.05) is 0 Å². The Kier molecular flexibility index (Phi) is 3.87. The average molecular weight is 322 g/mol. The van der Waals surface area contributed by atoms with Crippen LogP contribution in [0.5, 0.6) is 0 Å². The lowest BCUT2D eigenvalue weighted by Gasteiger charge is -2.30. The number of nitrogens with zero attached hydrogens (tertiary/aromatic N) is 2. The van der Waals surface area contributed by atoms with Gasteiger partial charge in [0.05, 0.1) is 6.54 Å². The van der Waals surface area contributed by atoms with Gasteiger partial charge in [0.1, 0.15) is 10.7 Å². The zero-order valence-corrected chi connectivity index (χ0v) is 12.7. The number of ketones is 1. The first kappa shape index (κ1) is 15.0. The smallest absolute Gasteiger partial charge is 0.323 e. The van der Waals surface area contributed by atoms with Crippen LogP contribution in [-0.2, 0) is 4.79 Å². The number of nitrogens with one attached hydrogen (secondary N) is 1. The molecule has 0 unspecified atom stereocenters. The fourth-order valence-electron chi connectivity index (χ4n) is 3.09. The van der Waals surface area contributed by atoms with Crippen LogP contribution < -0.4 is 5.32 Å². The van der Waals surface area contributed by atoms with Crippen molar-refractivity contribution in [3.63, 3.8) is 0 Å². The molecule has 3 amide bonds. The van der Waals surface area contributed by atoms with Gasteiger partial charge in [-0.1, -0.05) is 30.9 Å². The number of amides is 3. The number of rotatable bonds is 3. The topological polar surface area (TPSA) is 79.4 Å². The number of aromatic nitrogens is 1. The lowest BCUT2D eigenvalue weighted by molar-refractivity contribution is -0.132. The van der Waals surface area contributed by atoms with Crippen LogP contribution in [0, 0.1) is 0 Å². The van der Waals surface area contributed by atoms with Crippen molar-refractivity contribution in [1.82, 2.24) is 15.2 Å². The van der Waals surface area contributed by atoms with Crippen molar-refractivity contribution in [2.24, 2.45) is 0 Å². The Hall–Kier alpha value is -1.95. The third-order valence-corrected chi connectivity index (χ3v) is 4.53. The number of imide groups is 1. The van der Waals surface area contributed by atoms with Gasteiger partial charge in [0, 0.05) is 11.8 Å². The molecule has 22 heavy (non-hydrogen) atoms. The molecule has 6 nitrogen and oxygen atoms in total. The van der Waals surface area contributed by atoms with Gasteiger partial charge in [0.25, 0.3) is 5.91 Å². The minimum Gasteiger partial charge on any atom is -0.323 e. The van der Waals surface area contributed by atoms with Crippen molar-refractivity contribution >= 4 is 29.3 Å². The summed E-state index contributed by atoms with van der Waals surface area (Å²) in [6, 6.07) is 2.55. The van der Waals surface area contributed by atoms with Gasteiger partial charge in [0.15, 0.2) is 5.78 Å². The Morgan fingerprint density at radius 3 is 2.64 bits per heavy atom. The molecule has 1 N–H and O–H groups in total. The minimum absolute atomic E-state index is 0.268. The lowest BCUT2D eigenvalue weighted by Crippen LogP contribution is -2.48. The van der Waals surface area contributed by atoms with Crippen molar-refractivity contribution in [3.05, 3.63) is 29.0 Å². The Morgan fingerprint density at radius 2 is 2.00 bits per heavy atom. The summed E-state index contributed by atoms with van der Waals surface area (Å²) in [7, 11) is 0. The van der Waals surface area contributed by atoms with Gasteiger partial charge in [-0.2, -0.15) is 0 Å². The molecule has 1 saturated heterocycles. The molecule has 1 spiro atoms. The van der Waals surface area contributed by atoms with E-state index in [2.05, 4.69) is 10.3 Å². The Balaban J connectivity index is 1.74. The third kappa shape index (κ3) is 2.59. The number of carbonyl (C=O) groups is 3. The first-order valence-corrected chi connectivity index (χ1v) is 7.68. The zero-order chi connectivity index (χ0) is 15.7. The first-order chi connectivity index (χ1) is 10.5. The van der Waals surface area contributed by atoms with Crippen molar-refractivity contribution in [2.75, 3.05) is 6.54 Å². The van der Waals surface area contributed by atoms with Crippen LogP contribution in [0.4, 0.5) is 4.79 Å². The van der Waals surface area contributed by atoms with E-state index in [1.165, 1.54) is 18.3 Å². The van der Waals surface area contributed by atoms with E-state index in [1.54, 1.807) is 0 Å². The van der Waals surface area contributed by atoms with Gasteiger partial charge >= 0.3 is 6.03 Å². The molecular weight excluding hydrogens is 306 g/mol. The van der Waals surface area contributed by atoms with Crippen LogP contribution in [0.3, 0.4) is 0 Å². The van der Waals surface area contributed by atoms with E-state index in [-0.39, 0.29) is 23.4 Å². The summed E-state index contributed by atoms with van der Waals surface area (Å²) >= 11 is 5.68. The molecule has 1 saturated carbocycles. The molecule has 2 fully saturated rings. The van der Waals surface area contributed by atoms with Crippen LogP contribution in [0.25, 0.3) is 0 Å². The number of urea groups is 1. The first-order valence-electron chi connectivity index (χ1n) is 7.31. The van der Waals surface area contributed by atoms with Gasteiger partial charge in [-0.3, -0.25) is 14.5 Å². The Labute approximate surface area is 132 Å². The van der Waals surface area contributed by atoms with Gasteiger partial charge in [0.2, 0.25) is 0 Å². The van der Waals surface area contributed by atoms with Crippen LogP contribution in [0.1, 0.15) is 42.5 Å². The maximum atomic E-state index is 12.6. The second kappa shape index (κ2) is 5.68. The second-order valence-corrected chi connectivity index (χ2v) is 6.14. The molecular formula is C15H16ClN3O3. The van der Waals surface area contributed by atoms with Crippen LogP contribution >= 0.6 is 11.6 Å². The minimum atomic E-state index is -0.798. The van der Waals surface area contributed by atoms with E-state index in [0.717, 1.165) is 24.2 Å². The van der Waals surface area contributed by atoms with E-state index < -0.39 is 11.6 Å². The number of pyridine rings is 1. The molecule has 1 aromatic heterocycles. The highest BCUT2D eigenvalue weighted by molar-refractivity contribution is 6.29. The zero-order valence-electron chi connectivity index (χ0n) is 12.0. The average Bonchev–Trinajstić information content (AvgIpc) is 2.73. The normalized spacial score (nSPS) is 20.3. The van der Waals surface area contributed by atoms with Gasteiger partial charge in [-0.05, 0) is 25.0 Å². The van der Waals surface area contributed by atoms with Crippen LogP contribution in [0.15, 0.2) is 18.3 Å². The fraction of sp³-hybridized carbons (Fsp3) is 0.467. The molecule has 2 aliphatic rings. The van der Waals surface area contributed by atoms with E-state index in [4.69, 9.17) is 11.6 Å². The number of hydrogen-bond acceptors (Lipinski definition) is 4. The second-order valence-electron chi connectivity index (χ2n) is 5.76. The predicted octanol–water partition coefficient (Wildman–Crippen LogP) is 2.17. The molecule has 2 heterocycles. The summed E-state index contributed by atoms with van der Waals surface area (Å²) < 4.78 is 0. The molecule has 0 aromatic carbocycles. The maximum Gasteiger partial charge on any atom is 0.325 e. The predicted molar refractivity (Wildman–Crippen MR) is 79.6 cm³/mol. The highest BCUT2D eigenvalue weighted by Gasteiger charge is 2.51. The Morgan fingerprint density at radius 1 is 1.27 bits per heavy atom. The van der Waals surface area contributed by atoms with Crippen molar-refractivity contribution in [1.29, 1.82) is 0 Å². The van der Waals surface area contributed by atoms with E-state index in [9.17, 15) is 14.4 Å². The molecule has 3 rings (SSSR count). The fourth-order valence-corrected chi connectivity index (χ4v) is 3.20. The molecule has 0 bridgehead atoms. The summed E-state index contributed by atoms with van der Waals surface area (Å²) in [6.45, 7) is -0.268. The molecule has 1 aliphatic heterocycles.